The van der Waals surface area contributed by atoms with E-state index in [0.29, 0.717) is 5.75 Å². The minimum atomic E-state index is -0.326. The van der Waals surface area contributed by atoms with Crippen molar-refractivity contribution in [1.29, 1.82) is 0 Å². The number of aromatic nitrogens is 4. The fourth-order valence-electron chi connectivity index (χ4n) is 3.55. The van der Waals surface area contributed by atoms with Crippen LogP contribution in [0.5, 0.6) is 5.75 Å². The fourth-order valence-corrected chi connectivity index (χ4v) is 3.55. The summed E-state index contributed by atoms with van der Waals surface area (Å²) in [7, 11) is 0. The van der Waals surface area contributed by atoms with Crippen LogP contribution in [0.4, 0.5) is 0 Å². The molecule has 0 spiro atoms. The highest BCUT2D eigenvalue weighted by molar-refractivity contribution is 5.87. The minimum Gasteiger partial charge on any atom is -0.464 e. The summed E-state index contributed by atoms with van der Waals surface area (Å²) in [6, 6.07) is 11.3. The van der Waals surface area contributed by atoms with Gasteiger partial charge in [-0.1, -0.05) is 0 Å². The average molecular weight is 360 g/mol. The van der Waals surface area contributed by atoms with Gasteiger partial charge in [-0.3, -0.25) is 4.79 Å². The summed E-state index contributed by atoms with van der Waals surface area (Å²) in [6.45, 7) is 0. The van der Waals surface area contributed by atoms with Gasteiger partial charge >= 0.3 is 5.97 Å². The Labute approximate surface area is 154 Å². The Morgan fingerprint density at radius 1 is 1.15 bits per heavy atom. The summed E-state index contributed by atoms with van der Waals surface area (Å²) >= 11 is 0. The minimum absolute atomic E-state index is 0.167. The van der Waals surface area contributed by atoms with Gasteiger partial charge in [0.25, 0.3) is 0 Å². The lowest BCUT2D eigenvalue weighted by Gasteiger charge is -2.05. The Bertz CT molecular complexity index is 1110. The number of ether oxygens (including phenoxy) is 1. The van der Waals surface area contributed by atoms with E-state index in [9.17, 15) is 4.79 Å². The lowest BCUT2D eigenvalue weighted by molar-refractivity contribution is -0.133. The number of nitrogens with zero attached hydrogens (tertiary/aromatic N) is 4. The molecule has 0 amide bonds. The van der Waals surface area contributed by atoms with E-state index >= 15 is 0 Å². The number of carbonyl (C=O) groups excluding carboxylic acids is 1. The Kier molecular flexibility index (Phi) is 3.71. The zero-order valence-electron chi connectivity index (χ0n) is 14.5. The van der Waals surface area contributed by atoms with Gasteiger partial charge < -0.3 is 9.15 Å². The maximum Gasteiger partial charge on any atom is 0.315 e. The number of tetrazole rings is 1. The molecule has 0 bridgehead atoms. The number of benzene rings is 2. The predicted octanol–water partition coefficient (Wildman–Crippen LogP) is 3.05. The second kappa shape index (κ2) is 6.35. The van der Waals surface area contributed by atoms with Gasteiger partial charge in [0, 0.05) is 10.9 Å². The molecule has 0 saturated carbocycles. The van der Waals surface area contributed by atoms with Gasteiger partial charge in [-0.2, -0.15) is 0 Å². The average Bonchev–Trinajstić information content (AvgIpc) is 3.42. The molecule has 0 fully saturated rings. The van der Waals surface area contributed by atoms with E-state index in [2.05, 4.69) is 27.7 Å². The number of esters is 1. The van der Waals surface area contributed by atoms with Crippen molar-refractivity contribution in [2.75, 3.05) is 0 Å². The molecule has 4 aromatic rings. The third kappa shape index (κ3) is 2.97. The first-order valence-corrected chi connectivity index (χ1v) is 8.82. The molecule has 134 valence electrons. The second-order valence-electron chi connectivity index (χ2n) is 6.63. The maximum atomic E-state index is 12.4. The van der Waals surface area contributed by atoms with Crippen LogP contribution in [-0.4, -0.2) is 26.2 Å². The molecule has 0 atom stereocenters. The number of hydrogen-bond donors (Lipinski definition) is 0. The summed E-state index contributed by atoms with van der Waals surface area (Å²) in [5, 5.41) is 12.0. The molecule has 0 radical (unpaired) electrons. The molecule has 2 aromatic carbocycles. The van der Waals surface area contributed by atoms with Crippen LogP contribution in [0.25, 0.3) is 16.7 Å². The molecule has 0 aliphatic heterocycles. The third-order valence-corrected chi connectivity index (χ3v) is 4.88. The smallest absolute Gasteiger partial charge is 0.315 e. The van der Waals surface area contributed by atoms with E-state index in [1.54, 1.807) is 30.5 Å². The Morgan fingerprint density at radius 2 is 1.96 bits per heavy atom. The first kappa shape index (κ1) is 15.7. The van der Waals surface area contributed by atoms with Crippen LogP contribution < -0.4 is 4.74 Å². The van der Waals surface area contributed by atoms with Gasteiger partial charge in [0.1, 0.15) is 17.7 Å². The number of hydrogen-bond acceptors (Lipinski definition) is 6. The fraction of sp³-hybridized carbons (Fsp3) is 0.200. The van der Waals surface area contributed by atoms with Crippen LogP contribution in [0.1, 0.15) is 23.1 Å². The normalized spacial score (nSPS) is 13.0. The highest BCUT2D eigenvalue weighted by Gasteiger charge is 2.17. The molecule has 5 rings (SSSR count). The van der Waals surface area contributed by atoms with Gasteiger partial charge in [-0.15, -0.1) is 5.10 Å². The summed E-state index contributed by atoms with van der Waals surface area (Å²) < 4.78 is 12.6. The molecule has 1 aliphatic carbocycles. The molecular weight excluding hydrogens is 344 g/mol. The first-order valence-electron chi connectivity index (χ1n) is 8.82. The Hall–Kier alpha value is -3.48. The van der Waals surface area contributed by atoms with Crippen molar-refractivity contribution in [3.63, 3.8) is 0 Å². The number of furan rings is 1. The van der Waals surface area contributed by atoms with Crippen molar-refractivity contribution in [3.8, 4) is 11.4 Å². The van der Waals surface area contributed by atoms with Gasteiger partial charge in [0.15, 0.2) is 0 Å². The molecule has 0 N–H and O–H groups in total. The molecule has 0 unspecified atom stereocenters. The van der Waals surface area contributed by atoms with Gasteiger partial charge in [0.05, 0.1) is 18.4 Å². The largest absolute Gasteiger partial charge is 0.464 e. The standard InChI is InChI=1S/C20H16N4O3/c25-20(27-17-6-4-16(5-7-17)24-12-21-22-23-24)10-15-11-26-19-9-14-3-1-2-13(14)8-18(15)19/h4-9,11-12H,1-3,10H2. The first-order chi connectivity index (χ1) is 13.3. The number of aryl methyl sites for hydroxylation is 2. The zero-order chi connectivity index (χ0) is 18.2. The predicted molar refractivity (Wildman–Crippen MR) is 96.7 cm³/mol. The van der Waals surface area contributed by atoms with Crippen LogP contribution in [-0.2, 0) is 24.1 Å². The molecule has 27 heavy (non-hydrogen) atoms. The second-order valence-corrected chi connectivity index (χ2v) is 6.63. The molecule has 7 heteroatoms. The topological polar surface area (TPSA) is 83.0 Å². The number of fused-ring (bicyclic) bond motifs is 2. The molecule has 0 saturated heterocycles. The molecule has 2 aromatic heterocycles. The van der Waals surface area contributed by atoms with Crippen molar-refractivity contribution in [1.82, 2.24) is 20.2 Å². The highest BCUT2D eigenvalue weighted by atomic mass is 16.5. The van der Waals surface area contributed by atoms with E-state index in [-0.39, 0.29) is 12.4 Å². The molecular formula is C20H16N4O3. The zero-order valence-corrected chi connectivity index (χ0v) is 14.5. The quantitative estimate of drug-likeness (QED) is 0.411. The number of rotatable bonds is 4. The van der Waals surface area contributed by atoms with Crippen molar-refractivity contribution in [2.45, 2.75) is 25.7 Å². The van der Waals surface area contributed by atoms with Gasteiger partial charge in [0.2, 0.25) is 0 Å². The molecule has 7 nitrogen and oxygen atoms in total. The van der Waals surface area contributed by atoms with Gasteiger partial charge in [-0.25, -0.2) is 4.68 Å². The lowest BCUT2D eigenvalue weighted by Crippen LogP contribution is -2.11. The highest BCUT2D eigenvalue weighted by Crippen LogP contribution is 2.30. The van der Waals surface area contributed by atoms with Crippen LogP contribution >= 0.6 is 0 Å². The van der Waals surface area contributed by atoms with Crippen LogP contribution in [0.2, 0.25) is 0 Å². The molecule has 1 aliphatic rings. The van der Waals surface area contributed by atoms with Crippen LogP contribution in [0.3, 0.4) is 0 Å². The Balaban J connectivity index is 1.31. The summed E-state index contributed by atoms with van der Waals surface area (Å²) in [5.41, 5.74) is 5.19. The van der Waals surface area contributed by atoms with Crippen LogP contribution in [0, 0.1) is 0 Å². The van der Waals surface area contributed by atoms with Crippen molar-refractivity contribution in [3.05, 3.63) is 65.7 Å². The van der Waals surface area contributed by atoms with E-state index in [1.807, 2.05) is 0 Å². The molecule has 2 heterocycles. The lowest BCUT2D eigenvalue weighted by atomic mass is 10.0. The summed E-state index contributed by atoms with van der Waals surface area (Å²) in [4.78, 5) is 12.4. The number of carbonyl (C=O) groups is 1. The van der Waals surface area contributed by atoms with E-state index in [4.69, 9.17) is 9.15 Å². The van der Waals surface area contributed by atoms with Gasteiger partial charge in [-0.05, 0) is 77.2 Å². The monoisotopic (exact) mass is 360 g/mol. The summed E-state index contributed by atoms with van der Waals surface area (Å²) in [5.74, 6) is 0.152. The van der Waals surface area contributed by atoms with E-state index in [0.717, 1.165) is 35.1 Å². The van der Waals surface area contributed by atoms with Crippen molar-refractivity contribution in [2.24, 2.45) is 0 Å². The van der Waals surface area contributed by atoms with E-state index < -0.39 is 0 Å². The van der Waals surface area contributed by atoms with Crippen molar-refractivity contribution < 1.29 is 13.9 Å². The SMILES string of the molecule is O=C(Cc1coc2cc3c(cc12)CCC3)Oc1ccc(-n2cnnn2)cc1. The maximum absolute atomic E-state index is 12.4. The van der Waals surface area contributed by atoms with Crippen molar-refractivity contribution >= 4 is 16.9 Å². The Morgan fingerprint density at radius 3 is 2.74 bits per heavy atom. The van der Waals surface area contributed by atoms with E-state index in [1.165, 1.54) is 28.6 Å². The third-order valence-electron chi connectivity index (χ3n) is 4.88. The van der Waals surface area contributed by atoms with Crippen LogP contribution in [0.15, 0.2) is 53.4 Å². The summed E-state index contributed by atoms with van der Waals surface area (Å²) in [6.07, 6.45) is 6.70.